The van der Waals surface area contributed by atoms with E-state index in [2.05, 4.69) is 17.3 Å². The van der Waals surface area contributed by atoms with Gasteiger partial charge in [0.25, 0.3) is 0 Å². The monoisotopic (exact) mass is 308 g/mol. The Bertz CT molecular complexity index is 607. The second-order valence-corrected chi connectivity index (χ2v) is 5.87. The fourth-order valence-electron chi connectivity index (χ4n) is 2.36. The van der Waals surface area contributed by atoms with Gasteiger partial charge in [0.15, 0.2) is 0 Å². The van der Waals surface area contributed by atoms with Gasteiger partial charge >= 0.3 is 5.69 Å². The second-order valence-electron chi connectivity index (χ2n) is 4.90. The highest BCUT2D eigenvalue weighted by Crippen LogP contribution is 2.33. The van der Waals surface area contributed by atoms with E-state index in [0.29, 0.717) is 17.9 Å². The first kappa shape index (κ1) is 15.5. The molecule has 0 aliphatic heterocycles. The maximum absolute atomic E-state index is 11.4. The van der Waals surface area contributed by atoms with Crippen molar-refractivity contribution >= 4 is 22.8 Å². The molecule has 0 aromatic carbocycles. The molecule has 0 saturated heterocycles. The Balaban J connectivity index is 2.36. The van der Waals surface area contributed by atoms with Gasteiger partial charge in [0.1, 0.15) is 5.69 Å². The van der Waals surface area contributed by atoms with E-state index in [0.717, 1.165) is 12.8 Å². The van der Waals surface area contributed by atoms with Crippen molar-refractivity contribution in [3.63, 3.8) is 0 Å². The van der Waals surface area contributed by atoms with E-state index in [-0.39, 0.29) is 16.7 Å². The van der Waals surface area contributed by atoms with Crippen molar-refractivity contribution in [2.45, 2.75) is 39.2 Å². The van der Waals surface area contributed by atoms with Crippen LogP contribution in [0.2, 0.25) is 0 Å². The SMILES string of the molecule is CCCc1nn(C)c(NC(CC)c2cccs2)c1[N+](=O)[O-]. The number of nitrogens with zero attached hydrogens (tertiary/aromatic N) is 3. The highest BCUT2D eigenvalue weighted by molar-refractivity contribution is 7.10. The quantitative estimate of drug-likeness (QED) is 0.622. The average molecular weight is 308 g/mol. The van der Waals surface area contributed by atoms with E-state index in [1.165, 1.54) is 4.88 Å². The first-order chi connectivity index (χ1) is 10.1. The lowest BCUT2D eigenvalue weighted by molar-refractivity contribution is -0.384. The number of anilines is 1. The van der Waals surface area contributed by atoms with Crippen LogP contribution in [0.25, 0.3) is 0 Å². The third-order valence-electron chi connectivity index (χ3n) is 3.37. The van der Waals surface area contributed by atoms with Crippen LogP contribution in [-0.4, -0.2) is 14.7 Å². The van der Waals surface area contributed by atoms with Crippen molar-refractivity contribution in [3.8, 4) is 0 Å². The van der Waals surface area contributed by atoms with Crippen molar-refractivity contribution in [3.05, 3.63) is 38.2 Å². The number of thiophene rings is 1. The molecule has 0 aliphatic carbocycles. The summed E-state index contributed by atoms with van der Waals surface area (Å²) in [4.78, 5) is 12.2. The number of hydrogen-bond acceptors (Lipinski definition) is 5. The lowest BCUT2D eigenvalue weighted by atomic mass is 10.2. The molecule has 2 aromatic heterocycles. The summed E-state index contributed by atoms with van der Waals surface area (Å²) >= 11 is 1.65. The lowest BCUT2D eigenvalue weighted by Gasteiger charge is -2.16. The molecule has 114 valence electrons. The fourth-order valence-corrected chi connectivity index (χ4v) is 3.22. The first-order valence-electron chi connectivity index (χ1n) is 7.08. The van der Waals surface area contributed by atoms with Gasteiger partial charge in [-0.3, -0.25) is 10.1 Å². The zero-order chi connectivity index (χ0) is 15.4. The lowest BCUT2D eigenvalue weighted by Crippen LogP contribution is -2.12. The Labute approximate surface area is 127 Å². The molecule has 7 heteroatoms. The zero-order valence-corrected chi connectivity index (χ0v) is 13.3. The Morgan fingerprint density at radius 2 is 2.29 bits per heavy atom. The van der Waals surface area contributed by atoms with Crippen molar-refractivity contribution in [2.24, 2.45) is 7.05 Å². The van der Waals surface area contributed by atoms with Crippen LogP contribution < -0.4 is 5.32 Å². The Kier molecular flexibility index (Phi) is 4.95. The Morgan fingerprint density at radius 1 is 1.52 bits per heavy atom. The topological polar surface area (TPSA) is 73.0 Å². The van der Waals surface area contributed by atoms with E-state index in [9.17, 15) is 10.1 Å². The minimum Gasteiger partial charge on any atom is -0.357 e. The minimum absolute atomic E-state index is 0.0635. The third kappa shape index (κ3) is 3.24. The molecular weight excluding hydrogens is 288 g/mol. The number of rotatable bonds is 7. The molecule has 1 atom stereocenters. The van der Waals surface area contributed by atoms with Gasteiger partial charge in [0.2, 0.25) is 5.82 Å². The molecule has 0 bridgehead atoms. The van der Waals surface area contributed by atoms with Gasteiger partial charge in [-0.25, -0.2) is 4.68 Å². The van der Waals surface area contributed by atoms with Crippen LogP contribution in [0, 0.1) is 10.1 Å². The van der Waals surface area contributed by atoms with Crippen LogP contribution in [-0.2, 0) is 13.5 Å². The maximum atomic E-state index is 11.4. The van der Waals surface area contributed by atoms with Crippen LogP contribution in [0.3, 0.4) is 0 Å². The highest BCUT2D eigenvalue weighted by Gasteiger charge is 2.27. The Hall–Kier alpha value is -1.89. The van der Waals surface area contributed by atoms with Gasteiger partial charge in [-0.05, 0) is 24.3 Å². The van der Waals surface area contributed by atoms with E-state index in [4.69, 9.17) is 0 Å². The zero-order valence-electron chi connectivity index (χ0n) is 12.5. The van der Waals surface area contributed by atoms with Crippen molar-refractivity contribution in [1.29, 1.82) is 0 Å². The summed E-state index contributed by atoms with van der Waals surface area (Å²) in [6.45, 7) is 4.05. The number of nitrogens with one attached hydrogen (secondary N) is 1. The summed E-state index contributed by atoms with van der Waals surface area (Å²) in [5.74, 6) is 0.490. The van der Waals surface area contributed by atoms with Gasteiger partial charge in [-0.15, -0.1) is 11.3 Å². The number of nitro groups is 1. The average Bonchev–Trinajstić information content (AvgIpc) is 3.05. The normalized spacial score (nSPS) is 12.3. The van der Waals surface area contributed by atoms with Gasteiger partial charge < -0.3 is 5.32 Å². The number of hydrogen-bond donors (Lipinski definition) is 1. The van der Waals surface area contributed by atoms with Crippen LogP contribution in [0.5, 0.6) is 0 Å². The molecule has 2 heterocycles. The largest absolute Gasteiger partial charge is 0.357 e. The maximum Gasteiger partial charge on any atom is 0.334 e. The highest BCUT2D eigenvalue weighted by atomic mass is 32.1. The summed E-state index contributed by atoms with van der Waals surface area (Å²) in [6, 6.07) is 4.10. The summed E-state index contributed by atoms with van der Waals surface area (Å²) in [5, 5.41) is 21.0. The standard InChI is InChI=1S/C14H20N4O2S/c1-4-7-11-13(18(19)20)14(17(3)16-11)15-10(5-2)12-8-6-9-21-12/h6,8-10,15H,4-5,7H2,1-3H3. The fraction of sp³-hybridized carbons (Fsp3) is 0.500. The molecule has 0 fully saturated rings. The molecular formula is C14H20N4O2S. The molecule has 1 unspecified atom stereocenters. The summed E-state index contributed by atoms with van der Waals surface area (Å²) in [7, 11) is 1.75. The van der Waals surface area contributed by atoms with Gasteiger partial charge in [0.05, 0.1) is 11.0 Å². The third-order valence-corrected chi connectivity index (χ3v) is 4.35. The van der Waals surface area contributed by atoms with Gasteiger partial charge in [-0.1, -0.05) is 26.3 Å². The molecule has 0 radical (unpaired) electrons. The predicted molar refractivity (Wildman–Crippen MR) is 84.8 cm³/mol. The van der Waals surface area contributed by atoms with E-state index in [1.54, 1.807) is 23.1 Å². The summed E-state index contributed by atoms with van der Waals surface area (Å²) in [5.41, 5.74) is 0.655. The van der Waals surface area contributed by atoms with E-state index in [1.807, 2.05) is 24.4 Å². The summed E-state index contributed by atoms with van der Waals surface area (Å²) < 4.78 is 1.58. The summed E-state index contributed by atoms with van der Waals surface area (Å²) in [6.07, 6.45) is 2.30. The molecule has 6 nitrogen and oxygen atoms in total. The predicted octanol–water partition coefficient (Wildman–Crippen LogP) is 3.91. The smallest absolute Gasteiger partial charge is 0.334 e. The van der Waals surface area contributed by atoms with Crippen LogP contribution in [0.1, 0.15) is 43.3 Å². The number of aryl methyl sites for hydroxylation is 2. The molecule has 2 rings (SSSR count). The molecule has 21 heavy (non-hydrogen) atoms. The first-order valence-corrected chi connectivity index (χ1v) is 7.96. The van der Waals surface area contributed by atoms with Gasteiger partial charge in [0, 0.05) is 11.9 Å². The Morgan fingerprint density at radius 3 is 2.81 bits per heavy atom. The van der Waals surface area contributed by atoms with Crippen LogP contribution in [0.15, 0.2) is 17.5 Å². The minimum atomic E-state index is -0.332. The van der Waals surface area contributed by atoms with Crippen molar-refractivity contribution < 1.29 is 4.92 Å². The molecule has 0 amide bonds. The van der Waals surface area contributed by atoms with E-state index >= 15 is 0 Å². The molecule has 2 aromatic rings. The molecule has 0 spiro atoms. The van der Waals surface area contributed by atoms with Crippen molar-refractivity contribution in [1.82, 2.24) is 9.78 Å². The van der Waals surface area contributed by atoms with Gasteiger partial charge in [-0.2, -0.15) is 5.10 Å². The molecule has 0 saturated carbocycles. The second kappa shape index (κ2) is 6.71. The number of aromatic nitrogens is 2. The van der Waals surface area contributed by atoms with Crippen molar-refractivity contribution in [2.75, 3.05) is 5.32 Å². The van der Waals surface area contributed by atoms with Crippen LogP contribution in [0.4, 0.5) is 11.5 Å². The van der Waals surface area contributed by atoms with E-state index < -0.39 is 0 Å². The molecule has 1 N–H and O–H groups in total. The molecule has 0 aliphatic rings. The van der Waals surface area contributed by atoms with Crippen LogP contribution >= 0.6 is 11.3 Å².